The van der Waals surface area contributed by atoms with E-state index in [4.69, 9.17) is 0 Å². The summed E-state index contributed by atoms with van der Waals surface area (Å²) < 4.78 is 15.1. The van der Waals surface area contributed by atoms with Gasteiger partial charge in [0.1, 0.15) is 5.82 Å². The molecular weight excluding hydrogens is 303 g/mol. The molecule has 0 fully saturated rings. The Labute approximate surface area is 140 Å². The Morgan fingerprint density at radius 2 is 1.83 bits per heavy atom. The number of ketones is 1. The summed E-state index contributed by atoms with van der Waals surface area (Å²) in [7, 11) is 1.88. The van der Waals surface area contributed by atoms with Crippen LogP contribution in [0.2, 0.25) is 0 Å². The monoisotopic (exact) mass is 322 g/mol. The van der Waals surface area contributed by atoms with E-state index in [-0.39, 0.29) is 11.6 Å². The summed E-state index contributed by atoms with van der Waals surface area (Å²) in [6.07, 6.45) is 0. The number of nitrogens with zero attached hydrogens (tertiary/aromatic N) is 1. The minimum Gasteiger partial charge on any atom is -0.379 e. The molecule has 3 nitrogen and oxygen atoms in total. The molecule has 0 saturated heterocycles. The summed E-state index contributed by atoms with van der Waals surface area (Å²) >= 11 is 0. The number of anilines is 1. The number of halogens is 1. The molecule has 0 unspecified atom stereocenters. The van der Waals surface area contributed by atoms with Crippen LogP contribution in [0.3, 0.4) is 0 Å². The van der Waals surface area contributed by atoms with Crippen LogP contribution in [0.5, 0.6) is 0 Å². The first-order valence-corrected chi connectivity index (χ1v) is 7.80. The van der Waals surface area contributed by atoms with Crippen molar-refractivity contribution in [1.29, 1.82) is 0 Å². The Balaban J connectivity index is 1.83. The normalized spacial score (nSPS) is 10.6. The Morgan fingerprint density at radius 1 is 1.08 bits per heavy atom. The molecule has 0 bridgehead atoms. The van der Waals surface area contributed by atoms with Crippen molar-refractivity contribution < 1.29 is 9.18 Å². The van der Waals surface area contributed by atoms with E-state index in [1.807, 2.05) is 61.0 Å². The van der Waals surface area contributed by atoms with Gasteiger partial charge in [0.2, 0.25) is 5.78 Å². The molecule has 122 valence electrons. The fraction of sp³-hybridized carbons (Fsp3) is 0.150. The average molecular weight is 322 g/mol. The largest absolute Gasteiger partial charge is 0.379 e. The summed E-state index contributed by atoms with van der Waals surface area (Å²) in [6, 6.07) is 17.6. The van der Waals surface area contributed by atoms with Crippen molar-refractivity contribution >= 4 is 11.5 Å². The van der Waals surface area contributed by atoms with Crippen LogP contribution in [0.4, 0.5) is 10.1 Å². The number of hydrogen-bond acceptors (Lipinski definition) is 2. The van der Waals surface area contributed by atoms with Gasteiger partial charge in [-0.3, -0.25) is 4.79 Å². The zero-order valence-electron chi connectivity index (χ0n) is 13.7. The molecule has 24 heavy (non-hydrogen) atoms. The summed E-state index contributed by atoms with van der Waals surface area (Å²) in [5, 5.41) is 3.19. The number of nitrogens with one attached hydrogen (secondary N) is 1. The summed E-state index contributed by atoms with van der Waals surface area (Å²) in [5.74, 6) is -0.268. The number of aromatic nitrogens is 1. The fourth-order valence-electron chi connectivity index (χ4n) is 2.84. The zero-order valence-corrected chi connectivity index (χ0v) is 13.7. The second-order valence-electron chi connectivity index (χ2n) is 5.79. The van der Waals surface area contributed by atoms with Crippen LogP contribution in [0.15, 0.2) is 60.7 Å². The smallest absolute Gasteiger partial charge is 0.209 e. The molecule has 4 heteroatoms. The standard InChI is InChI=1S/C20H19FN2O/c1-14-11-18(13-22-17-10-6-9-16(21)12-17)23(2)19(14)20(24)15-7-4-3-5-8-15/h3-12,22H,13H2,1-2H3. The molecular formula is C20H19FN2O. The van der Waals surface area contributed by atoms with Crippen molar-refractivity contribution in [2.75, 3.05) is 5.32 Å². The van der Waals surface area contributed by atoms with Crippen LogP contribution >= 0.6 is 0 Å². The minimum atomic E-state index is -0.275. The molecule has 0 spiro atoms. The van der Waals surface area contributed by atoms with E-state index in [2.05, 4.69) is 5.32 Å². The van der Waals surface area contributed by atoms with E-state index >= 15 is 0 Å². The van der Waals surface area contributed by atoms with Crippen molar-refractivity contribution in [2.24, 2.45) is 7.05 Å². The lowest BCUT2D eigenvalue weighted by atomic mass is 10.1. The number of rotatable bonds is 5. The molecule has 3 aromatic rings. The molecule has 0 amide bonds. The van der Waals surface area contributed by atoms with Crippen molar-refractivity contribution in [1.82, 2.24) is 4.57 Å². The van der Waals surface area contributed by atoms with Gasteiger partial charge in [-0.2, -0.15) is 0 Å². The Kier molecular flexibility index (Phi) is 4.47. The highest BCUT2D eigenvalue weighted by Crippen LogP contribution is 2.19. The predicted octanol–water partition coefficient (Wildman–Crippen LogP) is 4.32. The number of carbonyl (C=O) groups excluding carboxylic acids is 1. The summed E-state index contributed by atoms with van der Waals surface area (Å²) in [6.45, 7) is 2.45. The van der Waals surface area contributed by atoms with Gasteiger partial charge in [0.15, 0.2) is 0 Å². The number of carbonyl (C=O) groups is 1. The van der Waals surface area contributed by atoms with E-state index in [0.29, 0.717) is 23.5 Å². The first kappa shape index (κ1) is 16.0. The number of hydrogen-bond donors (Lipinski definition) is 1. The maximum atomic E-state index is 13.2. The van der Waals surface area contributed by atoms with Crippen LogP contribution in [-0.4, -0.2) is 10.4 Å². The maximum absolute atomic E-state index is 13.2. The van der Waals surface area contributed by atoms with Crippen LogP contribution in [0.1, 0.15) is 27.3 Å². The minimum absolute atomic E-state index is 0.00704. The van der Waals surface area contributed by atoms with E-state index in [0.717, 1.165) is 11.3 Å². The van der Waals surface area contributed by atoms with Crippen molar-refractivity contribution in [2.45, 2.75) is 13.5 Å². The van der Waals surface area contributed by atoms with Gasteiger partial charge in [-0.1, -0.05) is 36.4 Å². The zero-order chi connectivity index (χ0) is 17.1. The second-order valence-corrected chi connectivity index (χ2v) is 5.79. The lowest BCUT2D eigenvalue weighted by Gasteiger charge is -2.10. The van der Waals surface area contributed by atoms with Gasteiger partial charge in [-0.15, -0.1) is 0 Å². The number of benzene rings is 2. The SMILES string of the molecule is Cc1cc(CNc2cccc(F)c2)n(C)c1C(=O)c1ccccc1. The highest BCUT2D eigenvalue weighted by atomic mass is 19.1. The van der Waals surface area contributed by atoms with Gasteiger partial charge in [-0.05, 0) is 36.8 Å². The first-order chi connectivity index (χ1) is 11.6. The van der Waals surface area contributed by atoms with Gasteiger partial charge in [0.25, 0.3) is 0 Å². The highest BCUT2D eigenvalue weighted by Gasteiger charge is 2.18. The van der Waals surface area contributed by atoms with E-state index in [1.54, 1.807) is 6.07 Å². The molecule has 0 radical (unpaired) electrons. The molecule has 0 atom stereocenters. The van der Waals surface area contributed by atoms with Crippen molar-refractivity contribution in [3.05, 3.63) is 89.0 Å². The Bertz CT molecular complexity index is 869. The predicted molar refractivity (Wildman–Crippen MR) is 93.8 cm³/mol. The lowest BCUT2D eigenvalue weighted by molar-refractivity contribution is 0.103. The van der Waals surface area contributed by atoms with Gasteiger partial charge >= 0.3 is 0 Å². The third-order valence-corrected chi connectivity index (χ3v) is 4.07. The third-order valence-electron chi connectivity index (χ3n) is 4.07. The molecule has 0 aliphatic carbocycles. The topological polar surface area (TPSA) is 34.0 Å². The fourth-order valence-corrected chi connectivity index (χ4v) is 2.84. The maximum Gasteiger partial charge on any atom is 0.209 e. The van der Waals surface area contributed by atoms with Gasteiger partial charge in [0, 0.05) is 24.0 Å². The summed E-state index contributed by atoms with van der Waals surface area (Å²) in [4.78, 5) is 12.7. The van der Waals surface area contributed by atoms with Crippen LogP contribution in [-0.2, 0) is 13.6 Å². The van der Waals surface area contributed by atoms with Crippen LogP contribution in [0.25, 0.3) is 0 Å². The number of aryl methyl sites for hydroxylation is 1. The molecule has 0 aliphatic rings. The molecule has 0 saturated carbocycles. The quantitative estimate of drug-likeness (QED) is 0.710. The molecule has 1 aromatic heterocycles. The lowest BCUT2D eigenvalue weighted by Crippen LogP contribution is -2.12. The highest BCUT2D eigenvalue weighted by molar-refractivity contribution is 6.09. The van der Waals surface area contributed by atoms with E-state index < -0.39 is 0 Å². The van der Waals surface area contributed by atoms with Gasteiger partial charge in [-0.25, -0.2) is 4.39 Å². The van der Waals surface area contributed by atoms with Crippen molar-refractivity contribution in [3.63, 3.8) is 0 Å². The van der Waals surface area contributed by atoms with Crippen LogP contribution < -0.4 is 5.32 Å². The first-order valence-electron chi connectivity index (χ1n) is 7.80. The Hall–Kier alpha value is -2.88. The van der Waals surface area contributed by atoms with Crippen LogP contribution in [0, 0.1) is 12.7 Å². The molecule has 3 rings (SSSR count). The summed E-state index contributed by atoms with van der Waals surface area (Å²) in [5.41, 5.74) is 3.96. The molecule has 0 aliphatic heterocycles. The second kappa shape index (κ2) is 6.71. The third kappa shape index (κ3) is 3.23. The molecule has 1 heterocycles. The average Bonchev–Trinajstić information content (AvgIpc) is 2.87. The Morgan fingerprint density at radius 3 is 2.54 bits per heavy atom. The van der Waals surface area contributed by atoms with E-state index in [1.165, 1.54) is 12.1 Å². The molecule has 1 N–H and O–H groups in total. The molecule has 2 aromatic carbocycles. The van der Waals surface area contributed by atoms with Gasteiger partial charge < -0.3 is 9.88 Å². The van der Waals surface area contributed by atoms with Crippen molar-refractivity contribution in [3.8, 4) is 0 Å². The van der Waals surface area contributed by atoms with E-state index in [9.17, 15) is 9.18 Å². The van der Waals surface area contributed by atoms with Gasteiger partial charge in [0.05, 0.1) is 12.2 Å².